The molecule has 1 heterocycles. The van der Waals surface area contributed by atoms with Gasteiger partial charge in [0, 0.05) is 20.1 Å². The zero-order valence-corrected chi connectivity index (χ0v) is 13.5. The maximum Gasteiger partial charge on any atom is 0.491 e. The summed E-state index contributed by atoms with van der Waals surface area (Å²) in [6, 6.07) is 5.73. The highest BCUT2D eigenvalue weighted by atomic mass is 16.5. The summed E-state index contributed by atoms with van der Waals surface area (Å²) in [5.41, 5.74) is 0.852. The Morgan fingerprint density at radius 1 is 1.29 bits per heavy atom. The van der Waals surface area contributed by atoms with E-state index in [0.717, 1.165) is 24.5 Å². The summed E-state index contributed by atoms with van der Waals surface area (Å²) in [6.45, 7) is 8.70. The van der Waals surface area contributed by atoms with Gasteiger partial charge in [0.2, 0.25) is 0 Å². The molecule has 2 rings (SSSR count). The lowest BCUT2D eigenvalue weighted by molar-refractivity contribution is -0.0982. The summed E-state index contributed by atoms with van der Waals surface area (Å²) < 4.78 is 5.67. The first-order valence-corrected chi connectivity index (χ1v) is 7.29. The first-order chi connectivity index (χ1) is 9.62. The number of fused-ring (bicyclic) bond motifs is 1. The lowest BCUT2D eigenvalue weighted by Crippen LogP contribution is -2.53. The maximum atomic E-state index is 10.3. The number of anilines is 2. The second kappa shape index (κ2) is 5.52. The number of hydrogen-bond acceptors (Lipinski definition) is 5. The summed E-state index contributed by atoms with van der Waals surface area (Å²) in [4.78, 5) is 2.17. The van der Waals surface area contributed by atoms with Crippen LogP contribution in [0.25, 0.3) is 0 Å². The van der Waals surface area contributed by atoms with E-state index in [2.05, 4.69) is 10.2 Å². The largest absolute Gasteiger partial charge is 0.491 e. The van der Waals surface area contributed by atoms with E-state index in [0.29, 0.717) is 5.46 Å². The molecule has 21 heavy (non-hydrogen) atoms. The van der Waals surface area contributed by atoms with Crippen LogP contribution in [-0.4, -0.2) is 48.6 Å². The van der Waals surface area contributed by atoms with Crippen LogP contribution in [0.2, 0.25) is 0 Å². The highest BCUT2D eigenvalue weighted by Gasteiger charge is 2.39. The fraction of sp³-hybridized carbons (Fsp3) is 0.600. The van der Waals surface area contributed by atoms with Crippen LogP contribution >= 0.6 is 0 Å². The zero-order chi connectivity index (χ0) is 15.8. The molecule has 0 spiro atoms. The Labute approximate surface area is 127 Å². The third-order valence-electron chi connectivity index (χ3n) is 4.36. The highest BCUT2D eigenvalue weighted by Crippen LogP contribution is 2.28. The molecule has 0 unspecified atom stereocenters. The predicted octanol–water partition coefficient (Wildman–Crippen LogP) is 0.802. The van der Waals surface area contributed by atoms with Gasteiger partial charge in [-0.2, -0.15) is 0 Å². The molecule has 0 aliphatic carbocycles. The predicted molar refractivity (Wildman–Crippen MR) is 87.3 cm³/mol. The Balaban J connectivity index is 2.19. The molecule has 1 aliphatic heterocycles. The number of aliphatic hydroxyl groups is 1. The van der Waals surface area contributed by atoms with Gasteiger partial charge >= 0.3 is 7.12 Å². The average Bonchev–Trinajstić information content (AvgIpc) is 2.36. The summed E-state index contributed by atoms with van der Waals surface area (Å²) in [5.74, 6) is 0. The molecule has 0 amide bonds. The number of nitrogens with zero attached hydrogens (tertiary/aromatic N) is 1. The highest BCUT2D eigenvalue weighted by molar-refractivity contribution is 6.60. The molecule has 0 atom stereocenters. The van der Waals surface area contributed by atoms with Crippen molar-refractivity contribution in [2.75, 3.05) is 30.4 Å². The topological polar surface area (TPSA) is 65.0 Å². The summed E-state index contributed by atoms with van der Waals surface area (Å²) in [7, 11) is 0.967. The minimum atomic E-state index is -1.08. The van der Waals surface area contributed by atoms with Crippen molar-refractivity contribution in [3.63, 3.8) is 0 Å². The Morgan fingerprint density at radius 3 is 2.57 bits per heavy atom. The molecule has 1 aromatic rings. The van der Waals surface area contributed by atoms with E-state index in [1.807, 2.05) is 25.2 Å². The van der Waals surface area contributed by atoms with Gasteiger partial charge in [0.15, 0.2) is 0 Å². The van der Waals surface area contributed by atoms with Crippen LogP contribution in [0.15, 0.2) is 18.2 Å². The third-order valence-corrected chi connectivity index (χ3v) is 4.36. The van der Waals surface area contributed by atoms with Crippen LogP contribution in [0.5, 0.6) is 0 Å². The van der Waals surface area contributed by atoms with E-state index in [1.54, 1.807) is 27.7 Å². The average molecular weight is 292 g/mol. The molecular formula is C15H25BN2O3. The zero-order valence-electron chi connectivity index (χ0n) is 13.5. The molecule has 0 saturated carbocycles. The van der Waals surface area contributed by atoms with Gasteiger partial charge in [-0.05, 0) is 45.3 Å². The van der Waals surface area contributed by atoms with E-state index in [4.69, 9.17) is 4.65 Å². The minimum Gasteiger partial charge on any atom is -0.423 e. The van der Waals surface area contributed by atoms with E-state index < -0.39 is 18.3 Å². The monoisotopic (exact) mass is 292 g/mol. The van der Waals surface area contributed by atoms with E-state index in [-0.39, 0.29) is 0 Å². The van der Waals surface area contributed by atoms with Crippen LogP contribution in [0, 0.1) is 0 Å². The van der Waals surface area contributed by atoms with Crippen LogP contribution in [0.1, 0.15) is 27.7 Å². The SMILES string of the molecule is CN1CCNc2cc(B(O)OC(C)(C)C(C)(C)O)ccc21. The van der Waals surface area contributed by atoms with Crippen molar-refractivity contribution in [1.82, 2.24) is 0 Å². The molecule has 1 aliphatic rings. The first kappa shape index (κ1) is 16.1. The minimum absolute atomic E-state index is 0.675. The van der Waals surface area contributed by atoms with Gasteiger partial charge in [-0.15, -0.1) is 0 Å². The first-order valence-electron chi connectivity index (χ1n) is 7.29. The normalized spacial score (nSPS) is 15.5. The molecule has 116 valence electrons. The van der Waals surface area contributed by atoms with E-state index in [9.17, 15) is 10.1 Å². The van der Waals surface area contributed by atoms with Crippen molar-refractivity contribution in [2.24, 2.45) is 0 Å². The lowest BCUT2D eigenvalue weighted by Gasteiger charge is -2.38. The molecular weight excluding hydrogens is 267 g/mol. The van der Waals surface area contributed by atoms with Crippen LogP contribution in [-0.2, 0) is 4.65 Å². The number of benzene rings is 1. The van der Waals surface area contributed by atoms with Crippen LogP contribution < -0.4 is 15.7 Å². The molecule has 3 N–H and O–H groups in total. The molecule has 5 nitrogen and oxygen atoms in total. The second-order valence-corrected chi connectivity index (χ2v) is 6.66. The maximum absolute atomic E-state index is 10.3. The van der Waals surface area contributed by atoms with Crippen molar-refractivity contribution in [2.45, 2.75) is 38.9 Å². The standard InChI is InChI=1S/C15H25BN2O3/c1-14(2,19)15(3,4)21-16(20)11-6-7-13-12(10-11)17-8-9-18(13)5/h6-7,10,17,19-20H,8-9H2,1-5H3. The number of nitrogens with one attached hydrogen (secondary N) is 1. The number of likely N-dealkylation sites (N-methyl/N-ethyl adjacent to an activating group) is 1. The van der Waals surface area contributed by atoms with Crippen molar-refractivity contribution < 1.29 is 14.8 Å². The molecule has 0 radical (unpaired) electrons. The summed E-state index contributed by atoms with van der Waals surface area (Å²) in [6.07, 6.45) is 0. The Hall–Kier alpha value is -1.24. The molecule has 0 saturated heterocycles. The third kappa shape index (κ3) is 3.34. The van der Waals surface area contributed by atoms with Gasteiger partial charge in [0.25, 0.3) is 0 Å². The fourth-order valence-corrected chi connectivity index (χ4v) is 2.15. The van der Waals surface area contributed by atoms with Gasteiger partial charge in [0.05, 0.1) is 22.6 Å². The van der Waals surface area contributed by atoms with Gasteiger partial charge in [0.1, 0.15) is 0 Å². The molecule has 0 fully saturated rings. The molecule has 0 bridgehead atoms. The second-order valence-electron chi connectivity index (χ2n) is 6.66. The smallest absolute Gasteiger partial charge is 0.423 e. The van der Waals surface area contributed by atoms with Crippen molar-refractivity contribution >= 4 is 24.0 Å². The Morgan fingerprint density at radius 2 is 1.95 bits per heavy atom. The van der Waals surface area contributed by atoms with Crippen molar-refractivity contribution in [3.8, 4) is 0 Å². The van der Waals surface area contributed by atoms with Gasteiger partial charge in [-0.1, -0.05) is 6.07 Å². The lowest BCUT2D eigenvalue weighted by atomic mass is 9.76. The van der Waals surface area contributed by atoms with Crippen molar-refractivity contribution in [1.29, 1.82) is 0 Å². The van der Waals surface area contributed by atoms with Gasteiger partial charge in [-0.3, -0.25) is 0 Å². The van der Waals surface area contributed by atoms with Crippen LogP contribution in [0.3, 0.4) is 0 Å². The number of rotatable bonds is 4. The van der Waals surface area contributed by atoms with E-state index in [1.165, 1.54) is 0 Å². The fourth-order valence-electron chi connectivity index (χ4n) is 2.15. The van der Waals surface area contributed by atoms with Gasteiger partial charge in [-0.25, -0.2) is 0 Å². The molecule has 1 aromatic carbocycles. The summed E-state index contributed by atoms with van der Waals surface area (Å²) in [5, 5.41) is 23.7. The van der Waals surface area contributed by atoms with Crippen LogP contribution in [0.4, 0.5) is 11.4 Å². The Bertz CT molecular complexity index is 514. The Kier molecular flexibility index (Phi) is 4.24. The van der Waals surface area contributed by atoms with E-state index >= 15 is 0 Å². The molecule has 0 aromatic heterocycles. The number of hydrogen-bond donors (Lipinski definition) is 3. The molecule has 6 heteroatoms. The van der Waals surface area contributed by atoms with Crippen molar-refractivity contribution in [3.05, 3.63) is 18.2 Å². The van der Waals surface area contributed by atoms with Gasteiger partial charge < -0.3 is 25.0 Å². The quantitative estimate of drug-likeness (QED) is 0.717. The summed E-state index contributed by atoms with van der Waals surface area (Å²) >= 11 is 0.